The van der Waals surface area contributed by atoms with Crippen LogP contribution in [0, 0.1) is 20.8 Å². The second-order valence-electron chi connectivity index (χ2n) is 10.5. The lowest BCUT2D eigenvalue weighted by atomic mass is 9.95. The number of anilines is 1. The molecular weight excluding hydrogens is 486 g/mol. The number of nitrogens with one attached hydrogen (secondary N) is 1. The van der Waals surface area contributed by atoms with Crippen LogP contribution >= 0.6 is 11.3 Å². The highest BCUT2D eigenvalue weighted by Gasteiger charge is 2.28. The maximum absolute atomic E-state index is 13.7. The Bertz CT molecular complexity index is 1470. The molecule has 38 heavy (non-hydrogen) atoms. The van der Waals surface area contributed by atoms with Crippen molar-refractivity contribution < 1.29 is 4.79 Å². The third-order valence-corrected chi connectivity index (χ3v) is 9.07. The number of carbonyl (C=O) groups is 1. The number of hydrogen-bond donors (Lipinski definition) is 1. The van der Waals surface area contributed by atoms with Crippen LogP contribution in [0.2, 0.25) is 0 Å². The topological polar surface area (TPSA) is 46.4 Å². The van der Waals surface area contributed by atoms with Crippen molar-refractivity contribution in [3.8, 4) is 5.00 Å². The van der Waals surface area contributed by atoms with Gasteiger partial charge in [0.25, 0.3) is 5.91 Å². The van der Waals surface area contributed by atoms with E-state index in [-0.39, 0.29) is 5.91 Å². The van der Waals surface area contributed by atoms with E-state index in [0.717, 1.165) is 64.6 Å². The van der Waals surface area contributed by atoms with E-state index < -0.39 is 0 Å². The molecule has 0 fully saturated rings. The third kappa shape index (κ3) is 5.25. The van der Waals surface area contributed by atoms with Crippen LogP contribution in [-0.2, 0) is 12.8 Å². The Morgan fingerprint density at radius 2 is 1.76 bits per heavy atom. The molecule has 2 aromatic carbocycles. The second-order valence-corrected chi connectivity index (χ2v) is 11.6. The van der Waals surface area contributed by atoms with Crippen LogP contribution in [0.1, 0.15) is 87.9 Å². The maximum Gasteiger partial charge on any atom is 0.258 e. The van der Waals surface area contributed by atoms with Crippen molar-refractivity contribution in [3.63, 3.8) is 0 Å². The molecule has 0 saturated carbocycles. The summed E-state index contributed by atoms with van der Waals surface area (Å²) in [6.45, 7) is 10.8. The summed E-state index contributed by atoms with van der Waals surface area (Å²) in [5.74, 6) is 0.536. The molecule has 0 spiro atoms. The molecule has 0 radical (unpaired) electrons. The fourth-order valence-corrected chi connectivity index (χ4v) is 6.77. The SMILES string of the molecule is CC[C@@H](C)c1ccc(N=Cc2cc(C)n(-c3sc4c(c3C(=O)Nc3ccc(C)cc3)CCCC4)c2C)cc1. The Balaban J connectivity index is 1.49. The van der Waals surface area contributed by atoms with Crippen LogP contribution in [0.5, 0.6) is 0 Å². The summed E-state index contributed by atoms with van der Waals surface area (Å²) in [7, 11) is 0. The number of fused-ring (bicyclic) bond motifs is 1. The number of amides is 1. The van der Waals surface area contributed by atoms with Gasteiger partial charge in [0.1, 0.15) is 5.00 Å². The summed E-state index contributed by atoms with van der Waals surface area (Å²) < 4.78 is 2.25. The minimum absolute atomic E-state index is 0.0210. The number of carbonyl (C=O) groups excluding carboxylic acids is 1. The van der Waals surface area contributed by atoms with E-state index >= 15 is 0 Å². The molecule has 1 aliphatic rings. The Labute approximate surface area is 230 Å². The zero-order valence-electron chi connectivity index (χ0n) is 23.1. The van der Waals surface area contributed by atoms with Crippen molar-refractivity contribution in [2.45, 2.75) is 72.6 Å². The molecular formula is C33H37N3OS. The number of hydrogen-bond acceptors (Lipinski definition) is 3. The average molecular weight is 524 g/mol. The number of rotatable bonds is 7. The summed E-state index contributed by atoms with van der Waals surface area (Å²) >= 11 is 1.78. The predicted molar refractivity (Wildman–Crippen MR) is 161 cm³/mol. The molecule has 4 aromatic rings. The molecule has 1 N–H and O–H groups in total. The van der Waals surface area contributed by atoms with E-state index in [1.165, 1.54) is 28.0 Å². The van der Waals surface area contributed by atoms with Crippen LogP contribution in [0.15, 0.2) is 59.6 Å². The van der Waals surface area contributed by atoms with Crippen LogP contribution in [0.4, 0.5) is 11.4 Å². The van der Waals surface area contributed by atoms with E-state index in [1.807, 2.05) is 30.5 Å². The first kappa shape index (κ1) is 26.2. The van der Waals surface area contributed by atoms with Gasteiger partial charge in [-0.1, -0.05) is 43.7 Å². The smallest absolute Gasteiger partial charge is 0.258 e. The van der Waals surface area contributed by atoms with Crippen molar-refractivity contribution in [2.75, 3.05) is 5.32 Å². The van der Waals surface area contributed by atoms with Gasteiger partial charge in [0.15, 0.2) is 0 Å². The molecule has 4 nitrogen and oxygen atoms in total. The lowest BCUT2D eigenvalue weighted by Crippen LogP contribution is -2.17. The monoisotopic (exact) mass is 523 g/mol. The highest BCUT2D eigenvalue weighted by molar-refractivity contribution is 7.15. The standard InChI is InChI=1S/C33H37N3OS/c1-6-22(3)25-13-17-27(18-14-25)34-20-26-19-23(4)36(24(26)5)33-31(29-9-7-8-10-30(29)38-33)32(37)35-28-15-11-21(2)12-16-28/h11-20,22H,6-10H2,1-5H3,(H,35,37)/t22-/m1/s1. The van der Waals surface area contributed by atoms with Gasteiger partial charge in [-0.2, -0.15) is 0 Å². The zero-order chi connectivity index (χ0) is 26.8. The van der Waals surface area contributed by atoms with Gasteiger partial charge in [0.05, 0.1) is 11.3 Å². The Hall–Kier alpha value is -3.44. The minimum atomic E-state index is -0.0210. The molecule has 5 rings (SSSR count). The lowest BCUT2D eigenvalue weighted by Gasteiger charge is -2.14. The highest BCUT2D eigenvalue weighted by atomic mass is 32.1. The maximum atomic E-state index is 13.7. The molecule has 196 valence electrons. The quantitative estimate of drug-likeness (QED) is 0.242. The van der Waals surface area contributed by atoms with E-state index in [1.54, 1.807) is 11.3 Å². The van der Waals surface area contributed by atoms with E-state index in [4.69, 9.17) is 4.99 Å². The molecule has 0 saturated heterocycles. The van der Waals surface area contributed by atoms with Gasteiger partial charge in [-0.25, -0.2) is 0 Å². The largest absolute Gasteiger partial charge is 0.322 e. The summed E-state index contributed by atoms with van der Waals surface area (Å²) in [6.07, 6.45) is 7.41. The van der Waals surface area contributed by atoms with Crippen molar-refractivity contribution in [1.29, 1.82) is 0 Å². The predicted octanol–water partition coefficient (Wildman–Crippen LogP) is 8.86. The van der Waals surface area contributed by atoms with Crippen molar-refractivity contribution >= 4 is 34.8 Å². The lowest BCUT2D eigenvalue weighted by molar-refractivity contribution is 0.102. The van der Waals surface area contributed by atoms with Crippen LogP contribution in [-0.4, -0.2) is 16.7 Å². The van der Waals surface area contributed by atoms with E-state index in [0.29, 0.717) is 5.92 Å². The molecule has 1 atom stereocenters. The Kier molecular flexibility index (Phi) is 7.66. The number of aryl methyl sites for hydroxylation is 3. The fourth-order valence-electron chi connectivity index (χ4n) is 5.27. The van der Waals surface area contributed by atoms with Gasteiger partial charge in [-0.3, -0.25) is 9.79 Å². The zero-order valence-corrected chi connectivity index (χ0v) is 23.9. The first-order valence-corrected chi connectivity index (χ1v) is 14.5. The normalized spacial score (nSPS) is 14.0. The molecule has 2 aromatic heterocycles. The van der Waals surface area contributed by atoms with E-state index in [9.17, 15) is 4.79 Å². The number of aliphatic imine (C=N–C) groups is 1. The Morgan fingerprint density at radius 3 is 2.47 bits per heavy atom. The van der Waals surface area contributed by atoms with Gasteiger partial charge in [-0.05, 0) is 100 Å². The van der Waals surface area contributed by atoms with Gasteiger partial charge >= 0.3 is 0 Å². The molecule has 1 aliphatic carbocycles. The minimum Gasteiger partial charge on any atom is -0.322 e. The van der Waals surface area contributed by atoms with Gasteiger partial charge < -0.3 is 9.88 Å². The summed E-state index contributed by atoms with van der Waals surface area (Å²) in [5, 5.41) is 4.19. The fraction of sp³-hybridized carbons (Fsp3) is 0.333. The average Bonchev–Trinajstić information content (AvgIpc) is 3.44. The van der Waals surface area contributed by atoms with Crippen molar-refractivity contribution in [2.24, 2.45) is 4.99 Å². The van der Waals surface area contributed by atoms with Gasteiger partial charge in [0.2, 0.25) is 0 Å². The Morgan fingerprint density at radius 1 is 1.05 bits per heavy atom. The number of aromatic nitrogens is 1. The van der Waals surface area contributed by atoms with E-state index in [2.05, 4.69) is 74.8 Å². The first-order valence-electron chi connectivity index (χ1n) is 13.7. The van der Waals surface area contributed by atoms with Gasteiger partial charge in [0, 0.05) is 33.7 Å². The summed E-state index contributed by atoms with van der Waals surface area (Å²) in [6, 6.07) is 18.7. The summed E-state index contributed by atoms with van der Waals surface area (Å²) in [5.41, 5.74) is 9.65. The number of benzene rings is 2. The van der Waals surface area contributed by atoms with Crippen molar-refractivity contribution in [1.82, 2.24) is 4.57 Å². The third-order valence-electron chi connectivity index (χ3n) is 7.79. The molecule has 5 heteroatoms. The highest BCUT2D eigenvalue weighted by Crippen LogP contribution is 2.39. The van der Waals surface area contributed by atoms with Crippen molar-refractivity contribution in [3.05, 3.63) is 98.7 Å². The second kappa shape index (κ2) is 11.1. The summed E-state index contributed by atoms with van der Waals surface area (Å²) in [4.78, 5) is 19.9. The molecule has 2 heterocycles. The first-order chi connectivity index (χ1) is 18.4. The molecule has 0 unspecified atom stereocenters. The molecule has 0 bridgehead atoms. The number of nitrogens with zero attached hydrogens (tertiary/aromatic N) is 2. The van der Waals surface area contributed by atoms with Crippen LogP contribution in [0.3, 0.4) is 0 Å². The van der Waals surface area contributed by atoms with Crippen LogP contribution < -0.4 is 5.32 Å². The molecule has 0 aliphatic heterocycles. The van der Waals surface area contributed by atoms with Crippen LogP contribution in [0.25, 0.3) is 5.00 Å². The number of thiophene rings is 1. The molecule has 1 amide bonds. The van der Waals surface area contributed by atoms with Gasteiger partial charge in [-0.15, -0.1) is 11.3 Å².